The monoisotopic (exact) mass is 262 g/mol. The van der Waals surface area contributed by atoms with E-state index in [0.717, 1.165) is 31.2 Å². The Morgan fingerprint density at radius 1 is 1.32 bits per heavy atom. The van der Waals surface area contributed by atoms with Gasteiger partial charge in [0.15, 0.2) is 0 Å². The van der Waals surface area contributed by atoms with Crippen LogP contribution in [0.3, 0.4) is 0 Å². The highest BCUT2D eigenvalue weighted by molar-refractivity contribution is 4.98. The summed E-state index contributed by atoms with van der Waals surface area (Å²) in [6.07, 6.45) is 5.52. The summed E-state index contributed by atoms with van der Waals surface area (Å²) in [6, 6.07) is 0. The number of rotatable bonds is 7. The van der Waals surface area contributed by atoms with Gasteiger partial charge in [0, 0.05) is 19.3 Å². The van der Waals surface area contributed by atoms with Crippen LogP contribution in [-0.4, -0.2) is 30.9 Å². The molecule has 0 atom stereocenters. The molecule has 0 radical (unpaired) electrons. The minimum absolute atomic E-state index is 0.563. The van der Waals surface area contributed by atoms with Crippen LogP contribution < -0.4 is 5.32 Å². The summed E-state index contributed by atoms with van der Waals surface area (Å²) in [7, 11) is 0. The van der Waals surface area contributed by atoms with E-state index >= 15 is 0 Å². The van der Waals surface area contributed by atoms with E-state index in [9.17, 15) is 0 Å². The smallest absolute Gasteiger partial charge is 0.146 e. The van der Waals surface area contributed by atoms with Crippen LogP contribution in [0.1, 0.15) is 32.3 Å². The van der Waals surface area contributed by atoms with Gasteiger partial charge >= 0.3 is 0 Å². The van der Waals surface area contributed by atoms with Crippen molar-refractivity contribution in [2.45, 2.75) is 40.4 Å². The summed E-state index contributed by atoms with van der Waals surface area (Å²) in [6.45, 7) is 9.82. The first-order valence-electron chi connectivity index (χ1n) is 6.77. The van der Waals surface area contributed by atoms with Gasteiger partial charge in [-0.3, -0.25) is 0 Å². The highest BCUT2D eigenvalue weighted by Crippen LogP contribution is 2.04. The highest BCUT2D eigenvalue weighted by atomic mass is 15.3. The van der Waals surface area contributed by atoms with E-state index < -0.39 is 0 Å². The average Bonchev–Trinajstić information content (AvgIpc) is 2.97. The first-order chi connectivity index (χ1) is 9.19. The Labute approximate surface area is 113 Å². The van der Waals surface area contributed by atoms with E-state index in [2.05, 4.69) is 47.4 Å². The third kappa shape index (κ3) is 3.89. The number of aromatic nitrogens is 5. The van der Waals surface area contributed by atoms with Gasteiger partial charge in [0.2, 0.25) is 0 Å². The molecule has 2 heterocycles. The van der Waals surface area contributed by atoms with E-state index in [4.69, 9.17) is 0 Å². The number of hydrogen-bond donors (Lipinski definition) is 1. The molecule has 0 aliphatic carbocycles. The molecule has 1 N–H and O–H groups in total. The van der Waals surface area contributed by atoms with Crippen LogP contribution in [0.5, 0.6) is 0 Å². The summed E-state index contributed by atoms with van der Waals surface area (Å²) in [5, 5.41) is 7.53. The van der Waals surface area contributed by atoms with Crippen LogP contribution in [0.25, 0.3) is 0 Å². The van der Waals surface area contributed by atoms with Crippen LogP contribution in [0.2, 0.25) is 0 Å². The van der Waals surface area contributed by atoms with Crippen molar-refractivity contribution in [1.82, 2.24) is 29.6 Å². The molecule has 2 aromatic rings. The molecule has 0 aliphatic rings. The lowest BCUT2D eigenvalue weighted by Crippen LogP contribution is -2.13. The Bertz CT molecular complexity index is 499. The third-order valence-electron chi connectivity index (χ3n) is 2.80. The second-order valence-electron chi connectivity index (χ2n) is 5.07. The molecule has 0 unspecified atom stereocenters. The maximum atomic E-state index is 4.37. The second-order valence-corrected chi connectivity index (χ2v) is 5.07. The van der Waals surface area contributed by atoms with Gasteiger partial charge in [-0.2, -0.15) is 5.10 Å². The van der Waals surface area contributed by atoms with Crippen molar-refractivity contribution in [2.24, 2.45) is 5.92 Å². The van der Waals surface area contributed by atoms with Crippen molar-refractivity contribution in [3.63, 3.8) is 0 Å². The Balaban J connectivity index is 2.00. The van der Waals surface area contributed by atoms with Gasteiger partial charge in [-0.25, -0.2) is 14.6 Å². The zero-order valence-corrected chi connectivity index (χ0v) is 11.9. The molecule has 0 spiro atoms. The van der Waals surface area contributed by atoms with Gasteiger partial charge in [0.05, 0.1) is 18.6 Å². The van der Waals surface area contributed by atoms with E-state index in [1.807, 2.05) is 15.6 Å². The topological polar surface area (TPSA) is 60.6 Å². The quantitative estimate of drug-likeness (QED) is 0.817. The van der Waals surface area contributed by atoms with E-state index in [-0.39, 0.29) is 0 Å². The maximum absolute atomic E-state index is 4.37. The number of imidazole rings is 1. The summed E-state index contributed by atoms with van der Waals surface area (Å²) in [5.41, 5.74) is 1.05. The summed E-state index contributed by atoms with van der Waals surface area (Å²) >= 11 is 0. The van der Waals surface area contributed by atoms with Crippen molar-refractivity contribution in [3.05, 3.63) is 30.4 Å². The van der Waals surface area contributed by atoms with Crippen molar-refractivity contribution in [3.8, 4) is 0 Å². The normalized spacial score (nSPS) is 11.4. The molecule has 0 amide bonds. The van der Waals surface area contributed by atoms with E-state index in [1.165, 1.54) is 0 Å². The molecule has 2 aromatic heterocycles. The predicted octanol–water partition coefficient (Wildman–Crippen LogP) is 1.29. The molecule has 0 saturated heterocycles. The predicted molar refractivity (Wildman–Crippen MR) is 73.6 cm³/mol. The molecule has 0 aromatic carbocycles. The number of nitrogens with zero attached hydrogens (tertiary/aromatic N) is 5. The lowest BCUT2D eigenvalue weighted by atomic mass is 10.2. The van der Waals surface area contributed by atoms with Crippen LogP contribution in [-0.2, 0) is 19.6 Å². The zero-order chi connectivity index (χ0) is 13.7. The fraction of sp³-hybridized carbons (Fsp3) is 0.615. The Morgan fingerprint density at radius 3 is 2.89 bits per heavy atom. The lowest BCUT2D eigenvalue weighted by molar-refractivity contribution is 0.461. The van der Waals surface area contributed by atoms with Gasteiger partial charge in [-0.15, -0.1) is 0 Å². The average molecular weight is 262 g/mol. The fourth-order valence-electron chi connectivity index (χ4n) is 1.91. The molecule has 19 heavy (non-hydrogen) atoms. The van der Waals surface area contributed by atoms with Crippen molar-refractivity contribution < 1.29 is 0 Å². The zero-order valence-electron chi connectivity index (χ0n) is 11.9. The number of hydrogen-bond acceptors (Lipinski definition) is 4. The minimum atomic E-state index is 0.563. The SMILES string of the molecule is CCNCc1cn(Cc2ncnn2CC(C)C)cn1. The summed E-state index contributed by atoms with van der Waals surface area (Å²) in [5.74, 6) is 1.54. The molecule has 6 heteroatoms. The Hall–Kier alpha value is -1.69. The van der Waals surface area contributed by atoms with Crippen molar-refractivity contribution in [2.75, 3.05) is 6.54 Å². The van der Waals surface area contributed by atoms with Crippen molar-refractivity contribution >= 4 is 0 Å². The largest absolute Gasteiger partial charge is 0.330 e. The summed E-state index contributed by atoms with van der Waals surface area (Å²) in [4.78, 5) is 8.69. The third-order valence-corrected chi connectivity index (χ3v) is 2.80. The van der Waals surface area contributed by atoms with Gasteiger partial charge in [0.25, 0.3) is 0 Å². The molecular formula is C13H22N6. The standard InChI is InChI=1S/C13H22N6/c1-4-14-5-12-7-18(10-16-12)8-13-15-9-17-19(13)6-11(2)3/h7,9-11,14H,4-6,8H2,1-3H3. The molecule has 0 fully saturated rings. The van der Waals surface area contributed by atoms with Gasteiger partial charge in [0.1, 0.15) is 12.2 Å². The highest BCUT2D eigenvalue weighted by Gasteiger charge is 2.07. The molecular weight excluding hydrogens is 240 g/mol. The molecule has 6 nitrogen and oxygen atoms in total. The van der Waals surface area contributed by atoms with Gasteiger partial charge < -0.3 is 9.88 Å². The molecule has 0 bridgehead atoms. The van der Waals surface area contributed by atoms with E-state index in [0.29, 0.717) is 12.5 Å². The van der Waals surface area contributed by atoms with Crippen LogP contribution in [0.4, 0.5) is 0 Å². The van der Waals surface area contributed by atoms with Gasteiger partial charge in [-0.05, 0) is 12.5 Å². The molecule has 0 aliphatic heterocycles. The van der Waals surface area contributed by atoms with Crippen LogP contribution in [0, 0.1) is 5.92 Å². The first kappa shape index (κ1) is 13.7. The minimum Gasteiger partial charge on any atom is -0.330 e. The van der Waals surface area contributed by atoms with Crippen LogP contribution in [0.15, 0.2) is 18.9 Å². The Kier molecular flexibility index (Phi) is 4.68. The summed E-state index contributed by atoms with van der Waals surface area (Å²) < 4.78 is 4.02. The van der Waals surface area contributed by atoms with E-state index in [1.54, 1.807) is 6.33 Å². The molecule has 0 saturated carbocycles. The van der Waals surface area contributed by atoms with Crippen molar-refractivity contribution in [1.29, 1.82) is 0 Å². The second kappa shape index (κ2) is 6.47. The lowest BCUT2D eigenvalue weighted by Gasteiger charge is -2.08. The van der Waals surface area contributed by atoms with Gasteiger partial charge in [-0.1, -0.05) is 20.8 Å². The van der Waals surface area contributed by atoms with Crippen LogP contribution >= 0.6 is 0 Å². The molecule has 2 rings (SSSR count). The first-order valence-corrected chi connectivity index (χ1v) is 6.77. The fourth-order valence-corrected chi connectivity index (χ4v) is 1.91. The Morgan fingerprint density at radius 2 is 2.16 bits per heavy atom. The maximum Gasteiger partial charge on any atom is 0.146 e. The molecule has 104 valence electrons. The number of nitrogens with one attached hydrogen (secondary N) is 1.